The molecule has 0 aromatic heterocycles. The van der Waals surface area contributed by atoms with Crippen molar-refractivity contribution in [2.45, 2.75) is 65.8 Å². The van der Waals surface area contributed by atoms with Crippen molar-refractivity contribution in [3.63, 3.8) is 0 Å². The van der Waals surface area contributed by atoms with E-state index in [1.165, 1.54) is 38.6 Å². The van der Waals surface area contributed by atoms with Crippen molar-refractivity contribution in [2.75, 3.05) is 13.6 Å². The third-order valence-electron chi connectivity index (χ3n) is 2.99. The van der Waals surface area contributed by atoms with E-state index in [0.717, 1.165) is 12.0 Å². The summed E-state index contributed by atoms with van der Waals surface area (Å²) in [5, 5.41) is 0. The maximum atomic E-state index is 2.56. The van der Waals surface area contributed by atoms with Gasteiger partial charge in [0.2, 0.25) is 0 Å². The van der Waals surface area contributed by atoms with E-state index in [1.54, 1.807) is 0 Å². The first kappa shape index (κ1) is 14.0. The van der Waals surface area contributed by atoms with Crippen LogP contribution in [-0.2, 0) is 0 Å². The molecule has 1 heteroatoms. The second-order valence-electron chi connectivity index (χ2n) is 4.23. The fourth-order valence-electron chi connectivity index (χ4n) is 1.90. The van der Waals surface area contributed by atoms with E-state index in [4.69, 9.17) is 0 Å². The van der Waals surface area contributed by atoms with Gasteiger partial charge in [0.1, 0.15) is 0 Å². The quantitative estimate of drug-likeness (QED) is 0.626. The maximum absolute atomic E-state index is 2.56. The highest BCUT2D eigenvalue weighted by Crippen LogP contribution is 2.27. The fourth-order valence-corrected chi connectivity index (χ4v) is 1.90. The summed E-state index contributed by atoms with van der Waals surface area (Å²) in [7, 11) is 2.29. The van der Waals surface area contributed by atoms with Crippen LogP contribution in [0.5, 0.6) is 0 Å². The zero-order valence-electron chi connectivity index (χ0n) is 10.8. The van der Waals surface area contributed by atoms with Gasteiger partial charge in [-0.1, -0.05) is 40.5 Å². The first-order valence-electron chi connectivity index (χ1n) is 6.48. The van der Waals surface area contributed by atoms with Crippen LogP contribution in [0, 0.1) is 5.92 Å². The Balaban J connectivity index is 0.000000791. The van der Waals surface area contributed by atoms with Crippen LogP contribution >= 0.6 is 0 Å². The first-order valence-corrected chi connectivity index (χ1v) is 6.48. The molecule has 0 heterocycles. The lowest BCUT2D eigenvalue weighted by molar-refractivity contribution is 0.253. The summed E-state index contributed by atoms with van der Waals surface area (Å²) in [5.74, 6) is 0.945. The topological polar surface area (TPSA) is 3.24 Å². The molecule has 1 saturated carbocycles. The second-order valence-corrected chi connectivity index (χ2v) is 4.23. The third kappa shape index (κ3) is 5.64. The standard InChI is InChI=1S/C11H23N.C2H6/c1-4-6-10(5-2)9-12(3)11-7-8-11;1-2/h10-11H,4-9H2,1-3H3;1-2H3. The van der Waals surface area contributed by atoms with Crippen molar-refractivity contribution in [1.82, 2.24) is 4.90 Å². The minimum absolute atomic E-state index is 0.941. The first-order chi connectivity index (χ1) is 6.77. The Kier molecular flexibility index (Phi) is 8.26. The van der Waals surface area contributed by atoms with Gasteiger partial charge >= 0.3 is 0 Å². The van der Waals surface area contributed by atoms with Gasteiger partial charge in [0, 0.05) is 12.6 Å². The van der Waals surface area contributed by atoms with Crippen molar-refractivity contribution >= 4 is 0 Å². The highest BCUT2D eigenvalue weighted by atomic mass is 15.1. The molecule has 0 aromatic carbocycles. The summed E-state index contributed by atoms with van der Waals surface area (Å²) >= 11 is 0. The number of rotatable bonds is 6. The summed E-state index contributed by atoms with van der Waals surface area (Å²) in [6.45, 7) is 9.94. The summed E-state index contributed by atoms with van der Waals surface area (Å²) < 4.78 is 0. The van der Waals surface area contributed by atoms with E-state index < -0.39 is 0 Å². The average molecular weight is 199 g/mol. The second kappa shape index (κ2) is 8.28. The predicted molar refractivity (Wildman–Crippen MR) is 65.7 cm³/mol. The Morgan fingerprint density at radius 2 is 1.79 bits per heavy atom. The van der Waals surface area contributed by atoms with Gasteiger partial charge in [-0.15, -0.1) is 0 Å². The minimum Gasteiger partial charge on any atom is -0.303 e. The maximum Gasteiger partial charge on any atom is 0.00934 e. The van der Waals surface area contributed by atoms with Crippen LogP contribution < -0.4 is 0 Å². The van der Waals surface area contributed by atoms with Crippen LogP contribution in [0.1, 0.15) is 59.8 Å². The van der Waals surface area contributed by atoms with Crippen LogP contribution in [-0.4, -0.2) is 24.5 Å². The molecule has 0 bridgehead atoms. The Morgan fingerprint density at radius 1 is 1.21 bits per heavy atom. The van der Waals surface area contributed by atoms with E-state index in [2.05, 4.69) is 25.8 Å². The number of hydrogen-bond donors (Lipinski definition) is 0. The lowest BCUT2D eigenvalue weighted by atomic mass is 10.0. The minimum atomic E-state index is 0.941. The molecule has 0 radical (unpaired) electrons. The monoisotopic (exact) mass is 199 g/mol. The predicted octanol–water partition coefficient (Wildman–Crippen LogP) is 3.93. The molecule has 0 spiro atoms. The van der Waals surface area contributed by atoms with Gasteiger partial charge < -0.3 is 4.90 Å². The summed E-state index contributed by atoms with van der Waals surface area (Å²) in [4.78, 5) is 2.56. The van der Waals surface area contributed by atoms with Gasteiger partial charge in [-0.05, 0) is 32.2 Å². The third-order valence-corrected chi connectivity index (χ3v) is 2.99. The Labute approximate surface area is 90.9 Å². The Bertz CT molecular complexity index is 118. The molecule has 0 aliphatic heterocycles. The lowest BCUT2D eigenvalue weighted by Crippen LogP contribution is -2.27. The van der Waals surface area contributed by atoms with E-state index in [0.29, 0.717) is 0 Å². The van der Waals surface area contributed by atoms with Crippen molar-refractivity contribution in [1.29, 1.82) is 0 Å². The van der Waals surface area contributed by atoms with Gasteiger partial charge in [-0.2, -0.15) is 0 Å². The van der Waals surface area contributed by atoms with Crippen LogP contribution in [0.2, 0.25) is 0 Å². The number of hydrogen-bond acceptors (Lipinski definition) is 1. The van der Waals surface area contributed by atoms with Crippen molar-refractivity contribution in [2.24, 2.45) is 5.92 Å². The Hall–Kier alpha value is -0.0400. The van der Waals surface area contributed by atoms with Gasteiger partial charge in [0.05, 0.1) is 0 Å². The zero-order valence-corrected chi connectivity index (χ0v) is 10.8. The molecule has 1 atom stereocenters. The van der Waals surface area contributed by atoms with Crippen molar-refractivity contribution in [3.8, 4) is 0 Å². The van der Waals surface area contributed by atoms with Gasteiger partial charge in [-0.3, -0.25) is 0 Å². The van der Waals surface area contributed by atoms with Gasteiger partial charge in [0.15, 0.2) is 0 Å². The van der Waals surface area contributed by atoms with E-state index >= 15 is 0 Å². The highest BCUT2D eigenvalue weighted by molar-refractivity contribution is 4.83. The summed E-state index contributed by atoms with van der Waals surface area (Å²) in [6.07, 6.45) is 6.99. The van der Waals surface area contributed by atoms with Crippen molar-refractivity contribution in [3.05, 3.63) is 0 Å². The van der Waals surface area contributed by atoms with Gasteiger partial charge in [0.25, 0.3) is 0 Å². The molecule has 0 aromatic rings. The van der Waals surface area contributed by atoms with E-state index in [-0.39, 0.29) is 0 Å². The molecule has 1 rings (SSSR count). The molecule has 0 N–H and O–H groups in total. The molecule has 0 amide bonds. The lowest BCUT2D eigenvalue weighted by Gasteiger charge is -2.22. The SMILES string of the molecule is CC.CCCC(CC)CN(C)C1CC1. The van der Waals surface area contributed by atoms with E-state index in [9.17, 15) is 0 Å². The highest BCUT2D eigenvalue weighted by Gasteiger charge is 2.26. The molecule has 1 aliphatic carbocycles. The molecule has 1 aliphatic rings. The molecule has 1 fully saturated rings. The fraction of sp³-hybridized carbons (Fsp3) is 1.00. The molecule has 1 unspecified atom stereocenters. The molecule has 14 heavy (non-hydrogen) atoms. The zero-order chi connectivity index (χ0) is 11.0. The molecule has 86 valence electrons. The normalized spacial score (nSPS) is 17.6. The summed E-state index contributed by atoms with van der Waals surface area (Å²) in [5.41, 5.74) is 0. The Morgan fingerprint density at radius 3 is 2.14 bits per heavy atom. The van der Waals surface area contributed by atoms with Crippen molar-refractivity contribution < 1.29 is 0 Å². The molecule has 0 saturated heterocycles. The van der Waals surface area contributed by atoms with Gasteiger partial charge in [-0.25, -0.2) is 0 Å². The molecular weight excluding hydrogens is 170 g/mol. The average Bonchev–Trinajstić information content (AvgIpc) is 3.03. The molecule has 1 nitrogen and oxygen atoms in total. The number of nitrogens with zero attached hydrogens (tertiary/aromatic N) is 1. The van der Waals surface area contributed by atoms with Crippen LogP contribution in [0.15, 0.2) is 0 Å². The van der Waals surface area contributed by atoms with Crippen LogP contribution in [0.4, 0.5) is 0 Å². The van der Waals surface area contributed by atoms with E-state index in [1.807, 2.05) is 13.8 Å². The van der Waals surface area contributed by atoms with Crippen LogP contribution in [0.25, 0.3) is 0 Å². The summed E-state index contributed by atoms with van der Waals surface area (Å²) in [6, 6.07) is 0.941. The molecular formula is C13H29N. The van der Waals surface area contributed by atoms with Crippen LogP contribution in [0.3, 0.4) is 0 Å². The smallest absolute Gasteiger partial charge is 0.00934 e. The largest absolute Gasteiger partial charge is 0.303 e.